The predicted octanol–water partition coefficient (Wildman–Crippen LogP) is 3.60. The first-order valence-corrected chi connectivity index (χ1v) is 12.4. The number of halogens is 3. The molecule has 1 heterocycles. The van der Waals surface area contributed by atoms with Gasteiger partial charge in [0.1, 0.15) is 38.2 Å². The lowest BCUT2D eigenvalue weighted by atomic mass is 9.91. The van der Waals surface area contributed by atoms with Crippen molar-refractivity contribution in [2.45, 2.75) is 37.3 Å². The topological polar surface area (TPSA) is 90.9 Å². The van der Waals surface area contributed by atoms with Crippen molar-refractivity contribution < 1.29 is 55.9 Å². The molecule has 2 fully saturated rings. The molecule has 214 valence electrons. The first-order valence-electron chi connectivity index (χ1n) is 12.4. The third-order valence-corrected chi connectivity index (χ3v) is 6.27. The highest BCUT2D eigenvalue weighted by Gasteiger charge is 2.49. The van der Waals surface area contributed by atoms with Crippen molar-refractivity contribution in [3.05, 3.63) is 42.0 Å². The van der Waals surface area contributed by atoms with E-state index >= 15 is 0 Å². The minimum atomic E-state index is -4.48. The summed E-state index contributed by atoms with van der Waals surface area (Å²) < 4.78 is 82.7. The summed E-state index contributed by atoms with van der Waals surface area (Å²) >= 11 is 0. The largest absolute Gasteiger partial charge is 0.491 e. The van der Waals surface area contributed by atoms with Crippen LogP contribution < -0.4 is 4.74 Å². The minimum Gasteiger partial charge on any atom is -0.491 e. The normalized spacial score (nSPS) is 24.1. The maximum Gasteiger partial charge on any atom is 0.416 e. The van der Waals surface area contributed by atoms with E-state index in [4.69, 9.17) is 37.9 Å². The highest BCUT2D eigenvalue weighted by Crippen LogP contribution is 2.43. The summed E-state index contributed by atoms with van der Waals surface area (Å²) in [5, 5.41) is 0. The van der Waals surface area contributed by atoms with Crippen LogP contribution in [0.3, 0.4) is 0 Å². The smallest absolute Gasteiger partial charge is 0.416 e. The highest BCUT2D eigenvalue weighted by molar-refractivity contribution is 5.72. The molecule has 0 spiro atoms. The standard InChI is InChI=1S/C26H35F3O9/c1-31-8-10-33-16-36-20(15-35-19-5-3-4-18(12-19)26(27,28)29)6-7-21-22-13-25(30)38-24(22)14-23(21)37-17-34-11-9-32-2/h3-7,12,20-24H,8-11,13-17H2,1-2H3/b7-6+/t20-,21-,22-,23-,24+/m1/s1. The van der Waals surface area contributed by atoms with Gasteiger partial charge >= 0.3 is 12.1 Å². The fourth-order valence-corrected chi connectivity index (χ4v) is 4.37. The van der Waals surface area contributed by atoms with Crippen LogP contribution in [-0.4, -0.2) is 85.1 Å². The maximum atomic E-state index is 13.1. The summed E-state index contributed by atoms with van der Waals surface area (Å²) in [6.07, 6.45) is -1.18. The maximum absolute atomic E-state index is 13.1. The Balaban J connectivity index is 1.65. The molecule has 5 atom stereocenters. The van der Waals surface area contributed by atoms with Crippen LogP contribution in [0.2, 0.25) is 0 Å². The summed E-state index contributed by atoms with van der Waals surface area (Å²) in [6, 6.07) is 4.64. The Morgan fingerprint density at radius 3 is 2.53 bits per heavy atom. The number of alkyl halides is 3. The zero-order valence-corrected chi connectivity index (χ0v) is 21.5. The SMILES string of the molecule is COCCOCO[C@H](/C=C/[C@@H]1[C@H]2CC(=O)O[C@H]2C[C@H]1OCOCCOC)COc1cccc(C(F)(F)F)c1. The number of rotatable bonds is 17. The van der Waals surface area contributed by atoms with Crippen LogP contribution >= 0.6 is 0 Å². The lowest BCUT2D eigenvalue weighted by molar-refractivity contribution is -0.143. The molecule has 1 aromatic rings. The van der Waals surface area contributed by atoms with E-state index in [1.54, 1.807) is 20.3 Å². The van der Waals surface area contributed by atoms with Gasteiger partial charge in [-0.15, -0.1) is 0 Å². The zero-order chi connectivity index (χ0) is 27.4. The number of hydrogen-bond donors (Lipinski definition) is 0. The van der Waals surface area contributed by atoms with Gasteiger partial charge in [0.05, 0.1) is 44.5 Å². The van der Waals surface area contributed by atoms with Crippen LogP contribution in [-0.2, 0) is 44.1 Å². The van der Waals surface area contributed by atoms with Crippen molar-refractivity contribution in [2.75, 3.05) is 60.8 Å². The number of methoxy groups -OCH3 is 2. The highest BCUT2D eigenvalue weighted by atomic mass is 19.4. The molecule has 0 N–H and O–H groups in total. The summed E-state index contributed by atoms with van der Waals surface area (Å²) in [6.45, 7) is 1.46. The predicted molar refractivity (Wildman–Crippen MR) is 127 cm³/mol. The van der Waals surface area contributed by atoms with Crippen LogP contribution in [0.5, 0.6) is 5.75 Å². The Bertz CT molecular complexity index is 880. The Morgan fingerprint density at radius 1 is 1.08 bits per heavy atom. The van der Waals surface area contributed by atoms with Crippen molar-refractivity contribution in [1.29, 1.82) is 0 Å². The number of ether oxygens (including phenoxy) is 8. The molecule has 3 rings (SSSR count). The third-order valence-electron chi connectivity index (χ3n) is 6.27. The number of esters is 1. The molecular formula is C26H35F3O9. The summed E-state index contributed by atoms with van der Waals surface area (Å²) in [7, 11) is 3.13. The first kappa shape index (κ1) is 30.3. The van der Waals surface area contributed by atoms with Crippen molar-refractivity contribution in [3.8, 4) is 5.75 Å². The molecule has 0 aromatic heterocycles. The van der Waals surface area contributed by atoms with Gasteiger partial charge in [0, 0.05) is 32.5 Å². The van der Waals surface area contributed by atoms with Gasteiger partial charge in [-0.2, -0.15) is 13.2 Å². The Hall–Kier alpha value is -2.22. The average Bonchev–Trinajstić information content (AvgIpc) is 3.40. The average molecular weight is 549 g/mol. The number of benzene rings is 1. The Morgan fingerprint density at radius 2 is 1.82 bits per heavy atom. The van der Waals surface area contributed by atoms with Crippen molar-refractivity contribution >= 4 is 5.97 Å². The van der Waals surface area contributed by atoms with Crippen molar-refractivity contribution in [2.24, 2.45) is 11.8 Å². The monoisotopic (exact) mass is 548 g/mol. The molecule has 2 aliphatic rings. The van der Waals surface area contributed by atoms with E-state index in [9.17, 15) is 18.0 Å². The molecule has 1 aliphatic carbocycles. The van der Waals surface area contributed by atoms with E-state index in [2.05, 4.69) is 0 Å². The molecule has 9 nitrogen and oxygen atoms in total. The van der Waals surface area contributed by atoms with Crippen LogP contribution in [0, 0.1) is 11.8 Å². The first-order chi connectivity index (χ1) is 18.3. The second-order valence-electron chi connectivity index (χ2n) is 8.88. The van der Waals surface area contributed by atoms with Crippen molar-refractivity contribution in [1.82, 2.24) is 0 Å². The zero-order valence-electron chi connectivity index (χ0n) is 21.5. The van der Waals surface area contributed by atoms with Gasteiger partial charge < -0.3 is 37.9 Å². The van der Waals surface area contributed by atoms with E-state index in [-0.39, 0.29) is 62.4 Å². The van der Waals surface area contributed by atoms with E-state index in [1.807, 2.05) is 6.08 Å². The molecular weight excluding hydrogens is 513 g/mol. The van der Waals surface area contributed by atoms with Crippen LogP contribution in [0.25, 0.3) is 0 Å². The second-order valence-corrected chi connectivity index (χ2v) is 8.88. The lowest BCUT2D eigenvalue weighted by Gasteiger charge is -2.21. The fourth-order valence-electron chi connectivity index (χ4n) is 4.37. The second kappa shape index (κ2) is 15.4. The van der Waals surface area contributed by atoms with Crippen LogP contribution in [0.4, 0.5) is 13.2 Å². The minimum absolute atomic E-state index is 0.0622. The molecule has 1 aromatic carbocycles. The molecule has 0 bridgehead atoms. The van der Waals surface area contributed by atoms with Crippen LogP contribution in [0.15, 0.2) is 36.4 Å². The van der Waals surface area contributed by atoms with Gasteiger partial charge in [-0.1, -0.05) is 18.2 Å². The van der Waals surface area contributed by atoms with E-state index in [1.165, 1.54) is 12.1 Å². The molecule has 38 heavy (non-hydrogen) atoms. The molecule has 1 saturated carbocycles. The van der Waals surface area contributed by atoms with Gasteiger partial charge in [-0.05, 0) is 18.2 Å². The van der Waals surface area contributed by atoms with Gasteiger partial charge in [0.25, 0.3) is 0 Å². The number of carbonyl (C=O) groups is 1. The van der Waals surface area contributed by atoms with E-state index in [0.717, 1.165) is 12.1 Å². The van der Waals surface area contributed by atoms with Crippen LogP contribution in [0.1, 0.15) is 18.4 Å². The fraction of sp³-hybridized carbons (Fsp3) is 0.654. The summed E-state index contributed by atoms with van der Waals surface area (Å²) in [5.74, 6) is -0.412. The quantitative estimate of drug-likeness (QED) is 0.125. The molecule has 0 unspecified atom stereocenters. The van der Waals surface area contributed by atoms with Gasteiger partial charge in [-0.3, -0.25) is 4.79 Å². The van der Waals surface area contributed by atoms with E-state index in [0.29, 0.717) is 32.8 Å². The molecule has 1 aliphatic heterocycles. The molecule has 0 radical (unpaired) electrons. The van der Waals surface area contributed by atoms with Crippen molar-refractivity contribution in [3.63, 3.8) is 0 Å². The number of carbonyl (C=O) groups excluding carboxylic acids is 1. The Kier molecular flexibility index (Phi) is 12.3. The number of hydrogen-bond acceptors (Lipinski definition) is 9. The third kappa shape index (κ3) is 9.51. The van der Waals surface area contributed by atoms with E-state index < -0.39 is 17.8 Å². The van der Waals surface area contributed by atoms with Gasteiger partial charge in [-0.25, -0.2) is 0 Å². The van der Waals surface area contributed by atoms with Gasteiger partial charge in [0.15, 0.2) is 0 Å². The number of fused-ring (bicyclic) bond motifs is 1. The molecule has 0 amide bonds. The molecule has 12 heteroatoms. The molecule has 1 saturated heterocycles. The van der Waals surface area contributed by atoms with Gasteiger partial charge in [0.2, 0.25) is 0 Å². The summed E-state index contributed by atoms with van der Waals surface area (Å²) in [5.41, 5.74) is -0.804. The lowest BCUT2D eigenvalue weighted by Crippen LogP contribution is -2.25. The summed E-state index contributed by atoms with van der Waals surface area (Å²) in [4.78, 5) is 11.9. The Labute approximate surface area is 220 Å².